The molecule has 2 aromatic carbocycles. The van der Waals surface area contributed by atoms with Crippen molar-refractivity contribution in [1.29, 1.82) is 0 Å². The minimum atomic E-state index is -3.71. The minimum absolute atomic E-state index is 0.0396. The number of ether oxygens (including phenoxy) is 1. The van der Waals surface area contributed by atoms with Crippen LogP contribution in [0.3, 0.4) is 0 Å². The first-order valence-electron chi connectivity index (χ1n) is 9.08. The van der Waals surface area contributed by atoms with Gasteiger partial charge in [0, 0.05) is 18.9 Å². The molecule has 0 bridgehead atoms. The zero-order valence-corrected chi connectivity index (χ0v) is 16.3. The normalized spacial score (nSPS) is 11.7. The van der Waals surface area contributed by atoms with E-state index < -0.39 is 16.0 Å². The number of imidazole rings is 1. The van der Waals surface area contributed by atoms with Crippen molar-refractivity contribution in [2.75, 3.05) is 6.54 Å². The number of carbonyl (C=O) groups excluding carboxylic acids is 1. The van der Waals surface area contributed by atoms with E-state index >= 15 is 0 Å². The lowest BCUT2D eigenvalue weighted by Crippen LogP contribution is -2.26. The summed E-state index contributed by atoms with van der Waals surface area (Å²) in [4.78, 5) is 16.4. The molecule has 0 aliphatic heterocycles. The van der Waals surface area contributed by atoms with Gasteiger partial charge in [-0.15, -0.1) is 0 Å². The third-order valence-corrected chi connectivity index (χ3v) is 5.91. The van der Waals surface area contributed by atoms with Crippen LogP contribution < -0.4 is 4.72 Å². The molecule has 8 heteroatoms. The Kier molecular flexibility index (Phi) is 5.28. The predicted octanol–water partition coefficient (Wildman–Crippen LogP) is 2.90. The van der Waals surface area contributed by atoms with Gasteiger partial charge in [-0.3, -0.25) is 4.79 Å². The molecule has 0 fully saturated rings. The molecule has 4 rings (SSSR count). The standard InChI is InChI=1S/C21H19N3O4S/c25-21(28-15-18-14-24-12-4-3-7-20(24)23-18)10-11-22-29(26,27)19-9-8-16-5-1-2-6-17(16)13-19/h1-9,12-14,22H,10-11,15H2. The lowest BCUT2D eigenvalue weighted by molar-refractivity contribution is -0.144. The number of pyridine rings is 1. The monoisotopic (exact) mass is 409 g/mol. The van der Waals surface area contributed by atoms with E-state index in [4.69, 9.17) is 4.74 Å². The molecule has 0 atom stereocenters. The second-order valence-corrected chi connectivity index (χ2v) is 8.28. The first-order valence-corrected chi connectivity index (χ1v) is 10.6. The molecule has 0 amide bonds. The van der Waals surface area contributed by atoms with Gasteiger partial charge in [-0.05, 0) is 35.0 Å². The lowest BCUT2D eigenvalue weighted by Gasteiger charge is -2.08. The molecule has 2 heterocycles. The Morgan fingerprint density at radius 1 is 1.03 bits per heavy atom. The van der Waals surface area contributed by atoms with Crippen molar-refractivity contribution in [1.82, 2.24) is 14.1 Å². The van der Waals surface area contributed by atoms with E-state index in [2.05, 4.69) is 9.71 Å². The molecule has 148 valence electrons. The Morgan fingerprint density at radius 3 is 2.66 bits per heavy atom. The number of aromatic nitrogens is 2. The van der Waals surface area contributed by atoms with Gasteiger partial charge in [0.2, 0.25) is 10.0 Å². The van der Waals surface area contributed by atoms with E-state index in [9.17, 15) is 13.2 Å². The Balaban J connectivity index is 1.30. The van der Waals surface area contributed by atoms with Crippen molar-refractivity contribution in [2.24, 2.45) is 0 Å². The molecule has 7 nitrogen and oxygen atoms in total. The van der Waals surface area contributed by atoms with Crippen LogP contribution in [-0.2, 0) is 26.2 Å². The summed E-state index contributed by atoms with van der Waals surface area (Å²) in [6, 6.07) is 18.0. The number of fused-ring (bicyclic) bond motifs is 2. The van der Waals surface area contributed by atoms with Crippen molar-refractivity contribution in [3.8, 4) is 0 Å². The van der Waals surface area contributed by atoms with Crippen molar-refractivity contribution >= 4 is 32.4 Å². The molecular weight excluding hydrogens is 390 g/mol. The van der Waals surface area contributed by atoms with Gasteiger partial charge < -0.3 is 9.14 Å². The zero-order chi connectivity index (χ0) is 20.3. The Labute approximate surface area is 168 Å². The zero-order valence-electron chi connectivity index (χ0n) is 15.5. The first kappa shape index (κ1) is 19.1. The first-order chi connectivity index (χ1) is 14.0. The average molecular weight is 409 g/mol. The van der Waals surface area contributed by atoms with Crippen LogP contribution in [0.15, 0.2) is 78.0 Å². The van der Waals surface area contributed by atoms with E-state index in [-0.39, 0.29) is 24.5 Å². The molecule has 0 unspecified atom stereocenters. The van der Waals surface area contributed by atoms with Gasteiger partial charge >= 0.3 is 5.97 Å². The number of hydrogen-bond donors (Lipinski definition) is 1. The summed E-state index contributed by atoms with van der Waals surface area (Å²) in [7, 11) is -3.71. The maximum atomic E-state index is 12.5. The fourth-order valence-electron chi connectivity index (χ4n) is 2.99. The van der Waals surface area contributed by atoms with Crippen molar-refractivity contribution in [3.63, 3.8) is 0 Å². The topological polar surface area (TPSA) is 89.8 Å². The van der Waals surface area contributed by atoms with E-state index in [0.717, 1.165) is 16.4 Å². The van der Waals surface area contributed by atoms with Crippen LogP contribution in [0.2, 0.25) is 0 Å². The SMILES string of the molecule is O=C(CCNS(=O)(=O)c1ccc2ccccc2c1)OCc1cn2ccccc2n1. The van der Waals surface area contributed by atoms with Gasteiger partial charge in [0.25, 0.3) is 0 Å². The largest absolute Gasteiger partial charge is 0.459 e. The summed E-state index contributed by atoms with van der Waals surface area (Å²) >= 11 is 0. The third kappa shape index (κ3) is 4.44. The quantitative estimate of drug-likeness (QED) is 0.474. The number of hydrogen-bond acceptors (Lipinski definition) is 5. The Bertz CT molecular complexity index is 1250. The molecule has 1 N–H and O–H groups in total. The smallest absolute Gasteiger partial charge is 0.307 e. The molecule has 0 saturated carbocycles. The molecule has 0 radical (unpaired) electrons. The van der Waals surface area contributed by atoms with Crippen LogP contribution >= 0.6 is 0 Å². The van der Waals surface area contributed by atoms with Crippen molar-refractivity contribution in [3.05, 3.63) is 78.8 Å². The summed E-state index contributed by atoms with van der Waals surface area (Å²) in [6.45, 7) is -0.00288. The molecular formula is C21H19N3O4S. The number of nitrogens with one attached hydrogen (secondary N) is 1. The lowest BCUT2D eigenvalue weighted by atomic mass is 10.1. The van der Waals surface area contributed by atoms with Crippen LogP contribution in [-0.4, -0.2) is 30.3 Å². The molecule has 29 heavy (non-hydrogen) atoms. The summed E-state index contributed by atoms with van der Waals surface area (Å²) in [5.41, 5.74) is 1.39. The molecule has 0 saturated heterocycles. The number of nitrogens with zero attached hydrogens (tertiary/aromatic N) is 2. The highest BCUT2D eigenvalue weighted by Crippen LogP contribution is 2.18. The van der Waals surface area contributed by atoms with Gasteiger partial charge in [0.1, 0.15) is 12.3 Å². The number of carbonyl (C=O) groups is 1. The van der Waals surface area contributed by atoms with E-state index in [1.54, 1.807) is 24.4 Å². The fourth-order valence-corrected chi connectivity index (χ4v) is 4.06. The Morgan fingerprint density at radius 2 is 1.83 bits per heavy atom. The minimum Gasteiger partial charge on any atom is -0.459 e. The molecule has 2 aromatic heterocycles. The van der Waals surface area contributed by atoms with Gasteiger partial charge in [0.05, 0.1) is 17.0 Å². The van der Waals surface area contributed by atoms with Gasteiger partial charge in [0.15, 0.2) is 0 Å². The summed E-state index contributed by atoms with van der Waals surface area (Å²) < 4.78 is 34.4. The summed E-state index contributed by atoms with van der Waals surface area (Å²) in [5, 5.41) is 1.80. The van der Waals surface area contributed by atoms with Gasteiger partial charge in [-0.1, -0.05) is 36.4 Å². The molecule has 4 aromatic rings. The van der Waals surface area contributed by atoms with Crippen molar-refractivity contribution < 1.29 is 17.9 Å². The molecule has 0 aliphatic carbocycles. The fraction of sp³-hybridized carbons (Fsp3) is 0.143. The van der Waals surface area contributed by atoms with Crippen molar-refractivity contribution in [2.45, 2.75) is 17.9 Å². The molecule has 0 spiro atoms. The highest BCUT2D eigenvalue weighted by Gasteiger charge is 2.15. The highest BCUT2D eigenvalue weighted by atomic mass is 32.2. The van der Waals surface area contributed by atoms with Crippen LogP contribution in [0, 0.1) is 0 Å². The van der Waals surface area contributed by atoms with Crippen LogP contribution in [0.1, 0.15) is 12.1 Å². The molecule has 0 aliphatic rings. The Hall–Kier alpha value is -3.23. The number of esters is 1. The van der Waals surface area contributed by atoms with E-state index in [0.29, 0.717) is 5.69 Å². The third-order valence-electron chi connectivity index (χ3n) is 4.45. The highest BCUT2D eigenvalue weighted by molar-refractivity contribution is 7.89. The van der Waals surface area contributed by atoms with E-state index in [1.165, 1.54) is 0 Å². The maximum absolute atomic E-state index is 12.5. The summed E-state index contributed by atoms with van der Waals surface area (Å²) in [5.74, 6) is -0.497. The van der Waals surface area contributed by atoms with Crippen LogP contribution in [0.4, 0.5) is 0 Å². The number of rotatable bonds is 7. The number of benzene rings is 2. The second kappa shape index (κ2) is 8.02. The van der Waals surface area contributed by atoms with Crippen LogP contribution in [0.25, 0.3) is 16.4 Å². The van der Waals surface area contributed by atoms with Gasteiger partial charge in [-0.25, -0.2) is 18.1 Å². The van der Waals surface area contributed by atoms with Crippen LogP contribution in [0.5, 0.6) is 0 Å². The second-order valence-electron chi connectivity index (χ2n) is 6.52. The average Bonchev–Trinajstić information content (AvgIpc) is 3.15. The van der Waals surface area contributed by atoms with Gasteiger partial charge in [-0.2, -0.15) is 0 Å². The van der Waals surface area contributed by atoms with E-state index in [1.807, 2.05) is 53.1 Å². The summed E-state index contributed by atoms with van der Waals surface area (Å²) in [6.07, 6.45) is 3.57. The maximum Gasteiger partial charge on any atom is 0.307 e. The predicted molar refractivity (Wildman–Crippen MR) is 109 cm³/mol. The number of sulfonamides is 1.